The van der Waals surface area contributed by atoms with Crippen molar-refractivity contribution in [2.45, 2.75) is 36.7 Å². The van der Waals surface area contributed by atoms with Crippen molar-refractivity contribution < 1.29 is 4.79 Å². The number of nitrogens with one attached hydrogen (secondary N) is 1. The molecule has 1 aliphatic heterocycles. The van der Waals surface area contributed by atoms with Gasteiger partial charge < -0.3 is 10.2 Å². The lowest BCUT2D eigenvalue weighted by Gasteiger charge is -2.34. The summed E-state index contributed by atoms with van der Waals surface area (Å²) in [5.41, 5.74) is 2.15. The van der Waals surface area contributed by atoms with Crippen LogP contribution in [0.3, 0.4) is 0 Å². The molecule has 1 aromatic heterocycles. The molecule has 1 atom stereocenters. The minimum absolute atomic E-state index is 0.00731. The van der Waals surface area contributed by atoms with Crippen LogP contribution in [0.4, 0.5) is 4.79 Å². The van der Waals surface area contributed by atoms with Gasteiger partial charge in [-0.05, 0) is 55.3 Å². The van der Waals surface area contributed by atoms with Gasteiger partial charge in [0.05, 0.1) is 16.3 Å². The fraction of sp³-hybridized carbons (Fsp3) is 0.333. The quantitative estimate of drug-likeness (QED) is 0.595. The van der Waals surface area contributed by atoms with E-state index < -0.39 is 0 Å². The number of carbonyl (C=O) groups excluding carboxylic acids is 1. The van der Waals surface area contributed by atoms with E-state index in [-0.39, 0.29) is 12.1 Å². The Bertz CT molecular complexity index is 890. The normalized spacial score (nSPS) is 17.2. The predicted molar refractivity (Wildman–Crippen MR) is 113 cm³/mol. The molecule has 0 saturated carbocycles. The van der Waals surface area contributed by atoms with Crippen LogP contribution in [-0.4, -0.2) is 28.7 Å². The highest BCUT2D eigenvalue weighted by Crippen LogP contribution is 2.35. The monoisotopic (exact) mass is 397 g/mol. The smallest absolute Gasteiger partial charge is 0.318 e. The SMILES string of the molecule is CSc1ccc(CNC(=O)N2CCCCC2c2nc3ccccc3s2)cc1. The lowest BCUT2D eigenvalue weighted by molar-refractivity contribution is 0.151. The number of rotatable bonds is 4. The van der Waals surface area contributed by atoms with Gasteiger partial charge in [0.2, 0.25) is 0 Å². The van der Waals surface area contributed by atoms with E-state index in [1.54, 1.807) is 23.1 Å². The van der Waals surface area contributed by atoms with Crippen LogP contribution in [0, 0.1) is 0 Å². The standard InChI is InChI=1S/C21H23N3OS2/c1-26-16-11-9-15(10-12-16)14-22-21(25)24-13-5-4-7-18(24)20-23-17-6-2-3-8-19(17)27-20/h2-3,6,8-12,18H,4-5,7,13-14H2,1H3,(H,22,25). The van der Waals surface area contributed by atoms with Crippen LogP contribution in [0.5, 0.6) is 0 Å². The van der Waals surface area contributed by atoms with Crippen molar-refractivity contribution in [1.82, 2.24) is 15.2 Å². The first-order chi connectivity index (χ1) is 13.2. The molecule has 27 heavy (non-hydrogen) atoms. The molecular weight excluding hydrogens is 374 g/mol. The number of piperidine rings is 1. The van der Waals surface area contributed by atoms with Gasteiger partial charge in [-0.15, -0.1) is 23.1 Å². The van der Waals surface area contributed by atoms with Crippen LogP contribution in [0.1, 0.15) is 35.9 Å². The molecule has 0 spiro atoms. The second-order valence-electron chi connectivity index (χ2n) is 6.73. The Morgan fingerprint density at radius 3 is 2.81 bits per heavy atom. The van der Waals surface area contributed by atoms with Crippen molar-refractivity contribution in [3.05, 3.63) is 59.1 Å². The zero-order chi connectivity index (χ0) is 18.6. The topological polar surface area (TPSA) is 45.2 Å². The summed E-state index contributed by atoms with van der Waals surface area (Å²) in [4.78, 5) is 20.9. The second-order valence-corrected chi connectivity index (χ2v) is 8.67. The minimum atomic E-state index is 0.00731. The molecule has 0 bridgehead atoms. The van der Waals surface area contributed by atoms with Gasteiger partial charge in [-0.25, -0.2) is 9.78 Å². The van der Waals surface area contributed by atoms with E-state index in [1.165, 1.54) is 9.60 Å². The highest BCUT2D eigenvalue weighted by atomic mass is 32.2. The number of thioether (sulfide) groups is 1. The molecule has 1 N–H and O–H groups in total. The average Bonchev–Trinajstić information content (AvgIpc) is 3.16. The fourth-order valence-electron chi connectivity index (χ4n) is 3.49. The van der Waals surface area contributed by atoms with Crippen molar-refractivity contribution in [3.63, 3.8) is 0 Å². The molecule has 0 aliphatic carbocycles. The lowest BCUT2D eigenvalue weighted by Crippen LogP contribution is -2.44. The molecule has 6 heteroatoms. The van der Waals surface area contributed by atoms with Gasteiger partial charge in [0.1, 0.15) is 5.01 Å². The molecule has 1 saturated heterocycles. The van der Waals surface area contributed by atoms with E-state index in [0.717, 1.165) is 41.9 Å². The van der Waals surface area contributed by atoms with Gasteiger partial charge >= 0.3 is 6.03 Å². The molecule has 4 nitrogen and oxygen atoms in total. The van der Waals surface area contributed by atoms with Gasteiger partial charge in [0, 0.05) is 18.0 Å². The Morgan fingerprint density at radius 1 is 1.22 bits per heavy atom. The van der Waals surface area contributed by atoms with Crippen LogP contribution in [0.15, 0.2) is 53.4 Å². The number of hydrogen-bond acceptors (Lipinski definition) is 4. The first-order valence-corrected chi connectivity index (χ1v) is 11.3. The number of likely N-dealkylation sites (tertiary alicyclic amines) is 1. The summed E-state index contributed by atoms with van der Waals surface area (Å²) in [5, 5.41) is 4.15. The Labute approximate surface area is 168 Å². The van der Waals surface area contributed by atoms with E-state index in [4.69, 9.17) is 4.98 Å². The maximum absolute atomic E-state index is 12.9. The highest BCUT2D eigenvalue weighted by Gasteiger charge is 2.30. The molecule has 4 rings (SSSR count). The van der Waals surface area contributed by atoms with Gasteiger partial charge in [-0.1, -0.05) is 24.3 Å². The van der Waals surface area contributed by atoms with Crippen LogP contribution in [-0.2, 0) is 6.54 Å². The Balaban J connectivity index is 1.46. The minimum Gasteiger partial charge on any atom is -0.334 e. The molecule has 2 aromatic carbocycles. The van der Waals surface area contributed by atoms with E-state index in [2.05, 4.69) is 41.9 Å². The third kappa shape index (κ3) is 4.12. The summed E-state index contributed by atoms with van der Waals surface area (Å²) in [6.07, 6.45) is 5.24. The van der Waals surface area contributed by atoms with E-state index >= 15 is 0 Å². The number of thiazole rings is 1. The van der Waals surface area contributed by atoms with Crippen LogP contribution in [0.25, 0.3) is 10.2 Å². The molecule has 2 heterocycles. The van der Waals surface area contributed by atoms with Crippen LogP contribution >= 0.6 is 23.1 Å². The van der Waals surface area contributed by atoms with Crippen molar-refractivity contribution in [2.75, 3.05) is 12.8 Å². The zero-order valence-corrected chi connectivity index (χ0v) is 17.0. The molecular formula is C21H23N3OS2. The van der Waals surface area contributed by atoms with Crippen molar-refractivity contribution in [2.24, 2.45) is 0 Å². The number of nitrogens with zero attached hydrogens (tertiary/aromatic N) is 2. The molecule has 2 amide bonds. The van der Waals surface area contributed by atoms with E-state index in [1.807, 2.05) is 23.1 Å². The number of urea groups is 1. The number of fused-ring (bicyclic) bond motifs is 1. The maximum atomic E-state index is 12.9. The number of amides is 2. The summed E-state index contributed by atoms with van der Waals surface area (Å²) < 4.78 is 1.19. The summed E-state index contributed by atoms with van der Waals surface area (Å²) in [6, 6.07) is 16.6. The number of carbonyl (C=O) groups is 1. The number of hydrogen-bond donors (Lipinski definition) is 1. The van der Waals surface area contributed by atoms with E-state index in [0.29, 0.717) is 6.54 Å². The maximum Gasteiger partial charge on any atom is 0.318 e. The van der Waals surface area contributed by atoms with Gasteiger partial charge in [-0.3, -0.25) is 0 Å². The molecule has 140 valence electrons. The largest absolute Gasteiger partial charge is 0.334 e. The summed E-state index contributed by atoms with van der Waals surface area (Å²) in [6.45, 7) is 1.34. The summed E-state index contributed by atoms with van der Waals surface area (Å²) >= 11 is 3.43. The van der Waals surface area contributed by atoms with Crippen LogP contribution in [0.2, 0.25) is 0 Å². The molecule has 1 fully saturated rings. The molecule has 0 radical (unpaired) electrons. The Morgan fingerprint density at radius 2 is 2.04 bits per heavy atom. The molecule has 3 aromatic rings. The first kappa shape index (κ1) is 18.3. The van der Waals surface area contributed by atoms with Crippen molar-refractivity contribution in [1.29, 1.82) is 0 Å². The Kier molecular flexibility index (Phi) is 5.64. The number of aromatic nitrogens is 1. The number of para-hydroxylation sites is 1. The fourth-order valence-corrected chi connectivity index (χ4v) is 5.01. The third-order valence-electron chi connectivity index (χ3n) is 4.96. The average molecular weight is 398 g/mol. The summed E-state index contributed by atoms with van der Waals surface area (Å²) in [5.74, 6) is 0. The molecule has 1 aliphatic rings. The lowest BCUT2D eigenvalue weighted by atomic mass is 10.0. The second kappa shape index (κ2) is 8.31. The van der Waals surface area contributed by atoms with Crippen molar-refractivity contribution >= 4 is 39.3 Å². The Hall–Kier alpha value is -2.05. The highest BCUT2D eigenvalue weighted by molar-refractivity contribution is 7.98. The van der Waals surface area contributed by atoms with E-state index in [9.17, 15) is 4.79 Å². The van der Waals surface area contributed by atoms with Gasteiger partial charge in [0.25, 0.3) is 0 Å². The third-order valence-corrected chi connectivity index (χ3v) is 6.84. The van der Waals surface area contributed by atoms with Crippen LogP contribution < -0.4 is 5.32 Å². The molecule has 1 unspecified atom stereocenters. The van der Waals surface area contributed by atoms with Crippen molar-refractivity contribution in [3.8, 4) is 0 Å². The summed E-state index contributed by atoms with van der Waals surface area (Å²) in [7, 11) is 0. The van der Waals surface area contributed by atoms with Gasteiger partial charge in [0.15, 0.2) is 0 Å². The predicted octanol–water partition coefficient (Wildman–Crippen LogP) is 5.46. The first-order valence-electron chi connectivity index (χ1n) is 9.27. The number of benzene rings is 2. The zero-order valence-electron chi connectivity index (χ0n) is 15.4. The van der Waals surface area contributed by atoms with Gasteiger partial charge in [-0.2, -0.15) is 0 Å².